The van der Waals surface area contributed by atoms with Crippen molar-refractivity contribution in [3.63, 3.8) is 0 Å². The molecule has 0 spiro atoms. The van der Waals surface area contributed by atoms with Gasteiger partial charge in [-0.05, 0) is 111 Å². The van der Waals surface area contributed by atoms with Crippen molar-refractivity contribution < 1.29 is 173 Å². The molecular weight excluding hydrogens is 738 g/mol. The molecule has 44 heavy (non-hydrogen) atoms. The first-order valence-corrected chi connectivity index (χ1v) is 19.7. The zero-order valence-electron chi connectivity index (χ0n) is 25.7. The Balaban J connectivity index is 0.00000462. The van der Waals surface area contributed by atoms with Gasteiger partial charge < -0.3 is 19.6 Å². The van der Waals surface area contributed by atoms with Crippen molar-refractivity contribution in [2.75, 3.05) is 12.3 Å². The van der Waals surface area contributed by atoms with E-state index in [2.05, 4.69) is 37.2 Å². The van der Waals surface area contributed by atoms with Gasteiger partial charge in [-0.3, -0.25) is 10.1 Å². The van der Waals surface area contributed by atoms with Gasteiger partial charge in [0.1, 0.15) is 0 Å². The number of rotatable bonds is 11. The molecule has 4 rings (SSSR count). The summed E-state index contributed by atoms with van der Waals surface area (Å²) in [7, 11) is -3.76. The molecule has 0 amide bonds. The van der Waals surface area contributed by atoms with E-state index in [-0.39, 0.29) is 189 Å². The maximum Gasteiger partial charge on any atom is 1.00 e. The Labute approximate surface area is 362 Å². The molecule has 4 aliphatic carbocycles. The number of hydrogen-bond donors (Lipinski definition) is 0. The maximum absolute atomic E-state index is 12.5. The minimum absolute atomic E-state index is 0. The fraction of sp³-hybridized carbons (Fsp3) is 1.00. The van der Waals surface area contributed by atoms with Crippen LogP contribution in [0.5, 0.6) is 0 Å². The molecule has 4 fully saturated rings. The molecular formula is C22H36Na4O12P2S4. The molecule has 4 aliphatic rings. The Morgan fingerprint density at radius 2 is 0.932 bits per heavy atom. The zero-order chi connectivity index (χ0) is 29.2. The summed E-state index contributed by atoms with van der Waals surface area (Å²) in [5.41, 5.74) is 0. The monoisotopic (exact) mass is 774 g/mol. The minimum Gasteiger partial charge on any atom is -0.748 e. The Morgan fingerprint density at radius 3 is 1.20 bits per heavy atom. The van der Waals surface area contributed by atoms with Crippen LogP contribution in [0.25, 0.3) is 0 Å². The summed E-state index contributed by atoms with van der Waals surface area (Å²) < 4.78 is 84.1. The third-order valence-electron chi connectivity index (χ3n) is 10.1. The molecule has 0 bridgehead atoms. The minimum atomic E-state index is -4.58. The SMILES string of the molecule is O=S(=O)([O-])C1CC(CP)C(C2C(CP)CC(S(=O)(=O)[O-])C3CCC(SOO[O-])CC32)C2CC(SOO[O-])CCC21.[Na+].[Na+].[Na+].[Na+]. The Kier molecular flexibility index (Phi) is 25.0. The van der Waals surface area contributed by atoms with Gasteiger partial charge in [0.25, 0.3) is 0 Å². The van der Waals surface area contributed by atoms with Crippen LogP contribution in [0.15, 0.2) is 0 Å². The first-order chi connectivity index (χ1) is 18.9. The third kappa shape index (κ3) is 12.1. The molecule has 0 saturated heterocycles. The molecule has 0 radical (unpaired) electrons. The predicted molar refractivity (Wildman–Crippen MR) is 148 cm³/mol. The van der Waals surface area contributed by atoms with Crippen molar-refractivity contribution in [3.05, 3.63) is 0 Å². The van der Waals surface area contributed by atoms with Crippen molar-refractivity contribution in [1.29, 1.82) is 0 Å². The fourth-order valence-electron chi connectivity index (χ4n) is 8.83. The molecule has 0 aliphatic heterocycles. The van der Waals surface area contributed by atoms with E-state index >= 15 is 0 Å². The quantitative estimate of drug-likeness (QED) is 0.0479. The summed E-state index contributed by atoms with van der Waals surface area (Å²) in [6, 6.07) is 0. The van der Waals surface area contributed by atoms with Gasteiger partial charge in [0.05, 0.1) is 30.7 Å². The molecule has 4 saturated carbocycles. The van der Waals surface area contributed by atoms with E-state index in [1.54, 1.807) is 0 Å². The molecule has 0 N–H and O–H groups in total. The molecule has 14 unspecified atom stereocenters. The van der Waals surface area contributed by atoms with Crippen LogP contribution < -0.4 is 129 Å². The van der Waals surface area contributed by atoms with Gasteiger partial charge in [0, 0.05) is 34.6 Å². The fourth-order valence-corrected chi connectivity index (χ4v) is 13.7. The largest absolute Gasteiger partial charge is 1.00 e. The smallest absolute Gasteiger partial charge is 0.748 e. The molecule has 0 aromatic rings. The maximum atomic E-state index is 12.5. The van der Waals surface area contributed by atoms with E-state index in [4.69, 9.17) is 0 Å². The summed E-state index contributed by atoms with van der Waals surface area (Å²) in [4.78, 5) is 0. The summed E-state index contributed by atoms with van der Waals surface area (Å²) in [6.45, 7) is 0. The standard InChI is InChI=1S/C22H40O12P2S4.4Na/c23-31-33-37-13-1-3-15-17(7-13)21(11(9-35)5-19(15)39(25,26)27)22-12(10-36)6-20(40(28,29)30)16-4-2-14(8-18(16)22)38-34-32-24;;;;/h11-24H,1-10,35-36H2,(H,25,26,27)(H,28,29,30);;;;/q;4*+1/p-4. The van der Waals surface area contributed by atoms with E-state index in [0.717, 1.165) is 24.1 Å². The number of hydrogen-bond acceptors (Lipinski definition) is 14. The van der Waals surface area contributed by atoms with E-state index in [1.165, 1.54) is 0 Å². The Morgan fingerprint density at radius 1 is 0.591 bits per heavy atom. The van der Waals surface area contributed by atoms with Gasteiger partial charge in [0.2, 0.25) is 0 Å². The summed E-state index contributed by atoms with van der Waals surface area (Å²) in [5.74, 6) is -1.50. The van der Waals surface area contributed by atoms with E-state index in [9.17, 15) is 36.5 Å². The normalized spacial score (nSPS) is 38.8. The molecule has 22 heteroatoms. The van der Waals surface area contributed by atoms with Gasteiger partial charge in [-0.15, -0.1) is 18.5 Å². The van der Waals surface area contributed by atoms with Crippen LogP contribution in [0.3, 0.4) is 0 Å². The summed E-state index contributed by atoms with van der Waals surface area (Å²) in [6.07, 6.45) is 4.69. The van der Waals surface area contributed by atoms with Crippen LogP contribution in [-0.4, -0.2) is 59.3 Å². The van der Waals surface area contributed by atoms with Gasteiger partial charge in [0.15, 0.2) is 0 Å². The first-order valence-electron chi connectivity index (χ1n) is 13.5. The van der Waals surface area contributed by atoms with Gasteiger partial charge in [-0.2, -0.15) is 8.67 Å². The molecule has 12 nitrogen and oxygen atoms in total. The van der Waals surface area contributed by atoms with Crippen molar-refractivity contribution >= 4 is 62.8 Å². The summed E-state index contributed by atoms with van der Waals surface area (Å²) in [5, 5.41) is 25.8. The van der Waals surface area contributed by atoms with E-state index < -0.39 is 30.7 Å². The molecule has 0 heterocycles. The Hall–Kier alpha value is 5.14. The Bertz CT molecular complexity index is 990. The third-order valence-corrected chi connectivity index (χ3v) is 15.6. The van der Waals surface area contributed by atoms with Crippen molar-refractivity contribution in [2.45, 2.75) is 72.4 Å². The second-order valence-electron chi connectivity index (χ2n) is 11.7. The molecule has 14 atom stereocenters. The number of fused-ring (bicyclic) bond motifs is 2. The van der Waals surface area contributed by atoms with Crippen molar-refractivity contribution in [3.8, 4) is 0 Å². The van der Waals surface area contributed by atoms with E-state index in [1.807, 2.05) is 0 Å². The van der Waals surface area contributed by atoms with Crippen molar-refractivity contribution in [1.82, 2.24) is 0 Å². The summed E-state index contributed by atoms with van der Waals surface area (Å²) >= 11 is 1.81. The van der Waals surface area contributed by atoms with Crippen LogP contribution in [0, 0.1) is 47.3 Å². The van der Waals surface area contributed by atoms with E-state index in [0.29, 0.717) is 50.8 Å². The van der Waals surface area contributed by atoms with Crippen LogP contribution in [-0.2, 0) is 39.0 Å². The topological polar surface area (TPSA) is 197 Å². The molecule has 234 valence electrons. The zero-order valence-corrected chi connectivity index (χ0v) is 39.3. The second kappa shape index (κ2) is 22.4. The average molecular weight is 775 g/mol. The van der Waals surface area contributed by atoms with Crippen LogP contribution in [0.1, 0.15) is 51.4 Å². The van der Waals surface area contributed by atoms with Crippen LogP contribution >= 0.6 is 42.6 Å². The van der Waals surface area contributed by atoms with Gasteiger partial charge in [-0.25, -0.2) is 16.8 Å². The van der Waals surface area contributed by atoms with Crippen molar-refractivity contribution in [2.24, 2.45) is 47.3 Å². The second-order valence-corrected chi connectivity index (χ2v) is 17.8. The van der Waals surface area contributed by atoms with Crippen LogP contribution in [0.2, 0.25) is 0 Å². The van der Waals surface area contributed by atoms with Gasteiger partial charge >= 0.3 is 118 Å². The van der Waals surface area contributed by atoms with Gasteiger partial charge in [-0.1, -0.05) is 0 Å². The molecule has 0 aromatic carbocycles. The van der Waals surface area contributed by atoms with Crippen LogP contribution in [0.4, 0.5) is 0 Å². The molecule has 0 aromatic heterocycles. The predicted octanol–water partition coefficient (Wildman–Crippen LogP) is -10.8. The first kappa shape index (κ1) is 49.1. The average Bonchev–Trinajstić information content (AvgIpc) is 2.91.